The number of aryl methyl sites for hydroxylation is 2. The number of carbonyl (C=O) groups is 1. The minimum absolute atomic E-state index is 0.119. The molecule has 1 amide bonds. The molecule has 2 aromatic carbocycles. The molecule has 0 saturated heterocycles. The lowest BCUT2D eigenvalue weighted by atomic mass is 9.97. The van der Waals surface area contributed by atoms with Crippen LogP contribution < -0.4 is 10.2 Å². The van der Waals surface area contributed by atoms with Gasteiger partial charge in [0.2, 0.25) is 5.76 Å². The number of hydrogen-bond donors (Lipinski definition) is 0. The Bertz CT molecular complexity index is 1280. The SMILES string of the molecule is CCCCOc1cccc(C2c3c(oc4c(C)cc(C)cc4c3=O)C(=O)N2CCCOC(C)C)c1. The summed E-state index contributed by atoms with van der Waals surface area (Å²) in [6, 6.07) is 11.0. The predicted molar refractivity (Wildman–Crippen MR) is 137 cm³/mol. The Kier molecular flexibility index (Phi) is 7.60. The highest BCUT2D eigenvalue weighted by atomic mass is 16.5. The Morgan fingerprint density at radius 3 is 2.60 bits per heavy atom. The molecule has 1 aliphatic heterocycles. The molecule has 1 atom stereocenters. The molecule has 3 aromatic rings. The summed E-state index contributed by atoms with van der Waals surface area (Å²) in [5.41, 5.74) is 3.41. The van der Waals surface area contributed by atoms with Crippen molar-refractivity contribution < 1.29 is 18.7 Å². The number of unbranched alkanes of at least 4 members (excludes halogenated alkanes) is 1. The zero-order valence-corrected chi connectivity index (χ0v) is 21.3. The highest BCUT2D eigenvalue weighted by Crippen LogP contribution is 2.39. The highest BCUT2D eigenvalue weighted by molar-refractivity contribution is 5.99. The Labute approximate surface area is 206 Å². The number of hydrogen-bond acceptors (Lipinski definition) is 5. The molecule has 1 aromatic heterocycles. The molecule has 0 fully saturated rings. The Balaban J connectivity index is 1.80. The number of benzene rings is 2. The number of carbonyl (C=O) groups excluding carboxylic acids is 1. The van der Waals surface area contributed by atoms with E-state index in [0.717, 1.165) is 35.3 Å². The summed E-state index contributed by atoms with van der Waals surface area (Å²) in [6.07, 6.45) is 2.79. The molecule has 1 aliphatic rings. The van der Waals surface area contributed by atoms with Gasteiger partial charge in [0.05, 0.1) is 29.7 Å². The lowest BCUT2D eigenvalue weighted by molar-refractivity contribution is 0.0593. The first kappa shape index (κ1) is 25.0. The lowest BCUT2D eigenvalue weighted by Gasteiger charge is -2.25. The van der Waals surface area contributed by atoms with E-state index in [-0.39, 0.29) is 23.2 Å². The van der Waals surface area contributed by atoms with Crippen LogP contribution in [0.25, 0.3) is 11.0 Å². The van der Waals surface area contributed by atoms with Crippen molar-refractivity contribution in [2.24, 2.45) is 0 Å². The van der Waals surface area contributed by atoms with Gasteiger partial charge in [-0.3, -0.25) is 9.59 Å². The summed E-state index contributed by atoms with van der Waals surface area (Å²) in [6.45, 7) is 11.6. The van der Waals surface area contributed by atoms with Crippen LogP contribution in [0.1, 0.15) is 78.9 Å². The van der Waals surface area contributed by atoms with Crippen LogP contribution in [0, 0.1) is 13.8 Å². The number of fused-ring (bicyclic) bond motifs is 2. The number of amides is 1. The van der Waals surface area contributed by atoms with Gasteiger partial charge >= 0.3 is 0 Å². The van der Waals surface area contributed by atoms with Crippen LogP contribution in [0.3, 0.4) is 0 Å². The van der Waals surface area contributed by atoms with Gasteiger partial charge < -0.3 is 18.8 Å². The van der Waals surface area contributed by atoms with Crippen LogP contribution >= 0.6 is 0 Å². The molecule has 0 aliphatic carbocycles. The first-order chi connectivity index (χ1) is 16.8. The van der Waals surface area contributed by atoms with Crippen LogP contribution in [0.4, 0.5) is 0 Å². The van der Waals surface area contributed by atoms with Gasteiger partial charge in [-0.15, -0.1) is 0 Å². The maximum atomic E-state index is 13.8. The van der Waals surface area contributed by atoms with Crippen molar-refractivity contribution in [3.8, 4) is 5.75 Å². The summed E-state index contributed by atoms with van der Waals surface area (Å²) in [5.74, 6) is 0.615. The standard InChI is InChI=1S/C29H35NO5/c1-6-7-13-34-22-11-8-10-21(17-22)25-24-26(31)23-16-19(4)15-20(5)27(23)35-28(24)29(32)30(25)12-9-14-33-18(2)3/h8,10-11,15-18,25H,6-7,9,12-14H2,1-5H3. The molecule has 0 radical (unpaired) electrons. The average molecular weight is 478 g/mol. The highest BCUT2D eigenvalue weighted by Gasteiger charge is 2.42. The van der Waals surface area contributed by atoms with Crippen molar-refractivity contribution in [2.75, 3.05) is 19.8 Å². The van der Waals surface area contributed by atoms with Crippen molar-refractivity contribution in [3.63, 3.8) is 0 Å². The second-order valence-corrected chi connectivity index (χ2v) is 9.58. The fraction of sp³-hybridized carbons (Fsp3) is 0.448. The summed E-state index contributed by atoms with van der Waals surface area (Å²) in [4.78, 5) is 29.2. The molecule has 1 unspecified atom stereocenters. The smallest absolute Gasteiger partial charge is 0.290 e. The van der Waals surface area contributed by atoms with Gasteiger partial charge in [0.15, 0.2) is 5.43 Å². The predicted octanol–water partition coefficient (Wildman–Crippen LogP) is 5.95. The molecular formula is C29H35NO5. The van der Waals surface area contributed by atoms with Crippen LogP contribution in [0.15, 0.2) is 45.6 Å². The van der Waals surface area contributed by atoms with E-state index in [9.17, 15) is 9.59 Å². The molecular weight excluding hydrogens is 442 g/mol. The summed E-state index contributed by atoms with van der Waals surface area (Å²) in [5, 5.41) is 0.513. The van der Waals surface area contributed by atoms with E-state index in [4.69, 9.17) is 13.9 Å². The Morgan fingerprint density at radius 2 is 1.86 bits per heavy atom. The van der Waals surface area contributed by atoms with Gasteiger partial charge in [-0.05, 0) is 75.4 Å². The Hall–Kier alpha value is -3.12. The van der Waals surface area contributed by atoms with Crippen molar-refractivity contribution in [1.82, 2.24) is 4.90 Å². The van der Waals surface area contributed by atoms with Gasteiger partial charge in [-0.1, -0.05) is 31.5 Å². The van der Waals surface area contributed by atoms with E-state index < -0.39 is 6.04 Å². The normalized spacial score (nSPS) is 15.3. The van der Waals surface area contributed by atoms with E-state index in [2.05, 4.69) is 6.92 Å². The van der Waals surface area contributed by atoms with Crippen LogP contribution in [0.2, 0.25) is 0 Å². The molecule has 4 rings (SSSR count). The van der Waals surface area contributed by atoms with Crippen molar-refractivity contribution in [2.45, 2.75) is 66.0 Å². The second kappa shape index (κ2) is 10.6. The van der Waals surface area contributed by atoms with E-state index >= 15 is 0 Å². The average Bonchev–Trinajstić information content (AvgIpc) is 3.10. The third-order valence-electron chi connectivity index (χ3n) is 6.33. The fourth-order valence-electron chi connectivity index (χ4n) is 4.71. The van der Waals surface area contributed by atoms with Crippen molar-refractivity contribution in [1.29, 1.82) is 0 Å². The maximum Gasteiger partial charge on any atom is 0.290 e. The minimum Gasteiger partial charge on any atom is -0.494 e. The summed E-state index contributed by atoms with van der Waals surface area (Å²) >= 11 is 0. The molecule has 0 bridgehead atoms. The maximum absolute atomic E-state index is 13.8. The molecule has 6 nitrogen and oxygen atoms in total. The van der Waals surface area contributed by atoms with E-state index in [1.54, 1.807) is 4.90 Å². The molecule has 2 heterocycles. The third-order valence-corrected chi connectivity index (χ3v) is 6.33. The largest absolute Gasteiger partial charge is 0.494 e. The molecule has 0 saturated carbocycles. The summed E-state index contributed by atoms with van der Waals surface area (Å²) < 4.78 is 17.8. The zero-order valence-electron chi connectivity index (χ0n) is 21.3. The lowest BCUT2D eigenvalue weighted by Crippen LogP contribution is -2.31. The van der Waals surface area contributed by atoms with E-state index in [1.807, 2.05) is 64.1 Å². The number of ether oxygens (including phenoxy) is 2. The van der Waals surface area contributed by atoms with Gasteiger partial charge in [-0.25, -0.2) is 0 Å². The van der Waals surface area contributed by atoms with E-state index in [0.29, 0.717) is 42.7 Å². The summed E-state index contributed by atoms with van der Waals surface area (Å²) in [7, 11) is 0. The number of nitrogens with zero attached hydrogens (tertiary/aromatic N) is 1. The quantitative estimate of drug-likeness (QED) is 0.338. The minimum atomic E-state index is -0.534. The monoisotopic (exact) mass is 477 g/mol. The molecule has 0 spiro atoms. The fourth-order valence-corrected chi connectivity index (χ4v) is 4.71. The van der Waals surface area contributed by atoms with Crippen molar-refractivity contribution in [3.05, 3.63) is 74.6 Å². The van der Waals surface area contributed by atoms with E-state index in [1.165, 1.54) is 0 Å². The van der Waals surface area contributed by atoms with Gasteiger partial charge in [0.25, 0.3) is 5.91 Å². The molecule has 186 valence electrons. The van der Waals surface area contributed by atoms with Crippen LogP contribution in [0.5, 0.6) is 5.75 Å². The molecule has 35 heavy (non-hydrogen) atoms. The van der Waals surface area contributed by atoms with Crippen molar-refractivity contribution >= 4 is 16.9 Å². The molecule has 6 heteroatoms. The first-order valence-corrected chi connectivity index (χ1v) is 12.5. The number of rotatable bonds is 10. The third kappa shape index (κ3) is 5.13. The second-order valence-electron chi connectivity index (χ2n) is 9.58. The molecule has 0 N–H and O–H groups in total. The first-order valence-electron chi connectivity index (χ1n) is 12.5. The zero-order chi connectivity index (χ0) is 25.1. The van der Waals surface area contributed by atoms with Crippen LogP contribution in [-0.2, 0) is 4.74 Å². The van der Waals surface area contributed by atoms with Crippen LogP contribution in [-0.4, -0.2) is 36.7 Å². The van der Waals surface area contributed by atoms with Gasteiger partial charge in [-0.2, -0.15) is 0 Å². The van der Waals surface area contributed by atoms with Gasteiger partial charge in [0, 0.05) is 13.2 Å². The topological polar surface area (TPSA) is 69.0 Å². The van der Waals surface area contributed by atoms with Gasteiger partial charge in [0.1, 0.15) is 11.3 Å². The Morgan fingerprint density at radius 1 is 1.06 bits per heavy atom.